The molecule has 1 rings (SSSR count). The number of unbranched alkanes of at least 4 members (excludes halogenated alkanes) is 5. The highest BCUT2D eigenvalue weighted by molar-refractivity contribution is 4.94. The van der Waals surface area contributed by atoms with Crippen molar-refractivity contribution in [3.8, 4) is 0 Å². The first-order valence-electron chi connectivity index (χ1n) is 6.37. The maximum Gasteiger partial charge on any atom is 0.144 e. The summed E-state index contributed by atoms with van der Waals surface area (Å²) in [6.45, 7) is 2.24. The summed E-state index contributed by atoms with van der Waals surface area (Å²) in [5.74, 6) is 0.774. The van der Waals surface area contributed by atoms with E-state index in [0.29, 0.717) is 0 Å². The van der Waals surface area contributed by atoms with Crippen molar-refractivity contribution in [3.05, 3.63) is 24.3 Å². The zero-order chi connectivity index (χ0) is 11.6. The molecule has 0 amide bonds. The van der Waals surface area contributed by atoms with Crippen molar-refractivity contribution < 1.29 is 0 Å². The Morgan fingerprint density at radius 2 is 1.69 bits per heavy atom. The minimum Gasteiger partial charge on any atom is -0.321 e. The van der Waals surface area contributed by atoms with Crippen LogP contribution in [0.3, 0.4) is 0 Å². The van der Waals surface area contributed by atoms with Gasteiger partial charge in [-0.2, -0.15) is 0 Å². The molecule has 0 aliphatic heterocycles. The molecule has 0 fully saturated rings. The van der Waals surface area contributed by atoms with Crippen molar-refractivity contribution in [3.63, 3.8) is 0 Å². The Morgan fingerprint density at radius 1 is 1.06 bits per heavy atom. The molecule has 1 unspecified atom stereocenters. The maximum absolute atomic E-state index is 6.01. The van der Waals surface area contributed by atoms with Crippen LogP contribution in [0.4, 0.5) is 0 Å². The average molecular weight is 221 g/mol. The Hall–Kier alpha value is -0.960. The molecule has 1 aromatic heterocycles. The fourth-order valence-corrected chi connectivity index (χ4v) is 1.78. The van der Waals surface area contributed by atoms with Crippen LogP contribution in [-0.4, -0.2) is 9.97 Å². The first-order valence-corrected chi connectivity index (χ1v) is 6.37. The lowest BCUT2D eigenvalue weighted by molar-refractivity contribution is 0.532. The Balaban J connectivity index is 2.09. The number of nitrogens with zero attached hydrogens (tertiary/aromatic N) is 2. The molecular formula is C13H23N3. The lowest BCUT2D eigenvalue weighted by Crippen LogP contribution is -2.13. The van der Waals surface area contributed by atoms with Crippen molar-refractivity contribution >= 4 is 0 Å². The lowest BCUT2D eigenvalue weighted by Gasteiger charge is -2.09. The molecule has 2 N–H and O–H groups in total. The Morgan fingerprint density at radius 3 is 2.38 bits per heavy atom. The maximum atomic E-state index is 6.01. The number of aromatic nitrogens is 2. The van der Waals surface area contributed by atoms with Crippen LogP contribution in [0.5, 0.6) is 0 Å². The van der Waals surface area contributed by atoms with Crippen LogP contribution < -0.4 is 5.73 Å². The van der Waals surface area contributed by atoms with Crippen LogP contribution in [0.15, 0.2) is 18.5 Å². The summed E-state index contributed by atoms with van der Waals surface area (Å²) in [6.07, 6.45) is 12.3. The Bertz CT molecular complexity index is 261. The van der Waals surface area contributed by atoms with E-state index >= 15 is 0 Å². The van der Waals surface area contributed by atoms with E-state index in [9.17, 15) is 0 Å². The predicted molar refractivity (Wildman–Crippen MR) is 67.0 cm³/mol. The molecule has 0 bridgehead atoms. The van der Waals surface area contributed by atoms with Gasteiger partial charge in [0.15, 0.2) is 0 Å². The molecule has 0 saturated heterocycles. The van der Waals surface area contributed by atoms with E-state index in [1.165, 1.54) is 38.5 Å². The van der Waals surface area contributed by atoms with Crippen molar-refractivity contribution in [2.75, 3.05) is 0 Å². The summed E-state index contributed by atoms with van der Waals surface area (Å²) in [4.78, 5) is 8.34. The Labute approximate surface area is 98.5 Å². The SMILES string of the molecule is CCCCCCCCC(N)c1ncccn1. The highest BCUT2D eigenvalue weighted by Gasteiger charge is 2.07. The molecule has 0 aliphatic rings. The van der Waals surface area contributed by atoms with Gasteiger partial charge in [0.1, 0.15) is 5.82 Å². The van der Waals surface area contributed by atoms with Crippen LogP contribution in [0.25, 0.3) is 0 Å². The van der Waals surface area contributed by atoms with Crippen molar-refractivity contribution in [2.45, 2.75) is 57.9 Å². The second-order valence-electron chi connectivity index (χ2n) is 4.27. The van der Waals surface area contributed by atoms with Gasteiger partial charge in [0.25, 0.3) is 0 Å². The predicted octanol–water partition coefficient (Wildman–Crippen LogP) is 3.23. The van der Waals surface area contributed by atoms with E-state index in [1.807, 2.05) is 6.07 Å². The number of hydrogen-bond donors (Lipinski definition) is 1. The minimum absolute atomic E-state index is 0.00683. The minimum atomic E-state index is 0.00683. The summed E-state index contributed by atoms with van der Waals surface area (Å²) in [5, 5.41) is 0. The summed E-state index contributed by atoms with van der Waals surface area (Å²) in [5.41, 5.74) is 6.01. The smallest absolute Gasteiger partial charge is 0.144 e. The van der Waals surface area contributed by atoms with E-state index in [4.69, 9.17) is 5.73 Å². The van der Waals surface area contributed by atoms with Gasteiger partial charge in [-0.15, -0.1) is 0 Å². The highest BCUT2D eigenvalue weighted by atomic mass is 14.9. The molecule has 3 heteroatoms. The van der Waals surface area contributed by atoms with Gasteiger partial charge in [0, 0.05) is 12.4 Å². The second kappa shape index (κ2) is 8.22. The summed E-state index contributed by atoms with van der Waals surface area (Å²) >= 11 is 0. The molecule has 0 aromatic carbocycles. The van der Waals surface area contributed by atoms with E-state index in [2.05, 4.69) is 16.9 Å². The number of hydrogen-bond acceptors (Lipinski definition) is 3. The van der Waals surface area contributed by atoms with Crippen LogP contribution in [0, 0.1) is 0 Å². The van der Waals surface area contributed by atoms with Gasteiger partial charge in [-0.25, -0.2) is 9.97 Å². The summed E-state index contributed by atoms with van der Waals surface area (Å²) in [7, 11) is 0. The fraction of sp³-hybridized carbons (Fsp3) is 0.692. The zero-order valence-corrected chi connectivity index (χ0v) is 10.2. The Kier molecular flexibility index (Phi) is 6.74. The third-order valence-electron chi connectivity index (χ3n) is 2.79. The topological polar surface area (TPSA) is 51.8 Å². The summed E-state index contributed by atoms with van der Waals surface area (Å²) in [6, 6.07) is 1.83. The normalized spacial score (nSPS) is 12.6. The van der Waals surface area contributed by atoms with Gasteiger partial charge in [0.05, 0.1) is 6.04 Å². The third kappa shape index (κ3) is 5.21. The number of nitrogens with two attached hydrogens (primary N) is 1. The number of rotatable bonds is 8. The van der Waals surface area contributed by atoms with Crippen LogP contribution in [-0.2, 0) is 0 Å². The fourth-order valence-electron chi connectivity index (χ4n) is 1.78. The van der Waals surface area contributed by atoms with E-state index < -0.39 is 0 Å². The van der Waals surface area contributed by atoms with Gasteiger partial charge in [-0.3, -0.25) is 0 Å². The monoisotopic (exact) mass is 221 g/mol. The molecule has 1 atom stereocenters. The second-order valence-corrected chi connectivity index (χ2v) is 4.27. The first kappa shape index (κ1) is 13.1. The molecule has 0 radical (unpaired) electrons. The molecule has 3 nitrogen and oxygen atoms in total. The molecule has 16 heavy (non-hydrogen) atoms. The third-order valence-corrected chi connectivity index (χ3v) is 2.79. The van der Waals surface area contributed by atoms with Crippen molar-refractivity contribution in [2.24, 2.45) is 5.73 Å². The van der Waals surface area contributed by atoms with E-state index in [1.54, 1.807) is 12.4 Å². The van der Waals surface area contributed by atoms with E-state index in [0.717, 1.165) is 12.2 Å². The van der Waals surface area contributed by atoms with Crippen molar-refractivity contribution in [1.82, 2.24) is 9.97 Å². The molecule has 0 spiro atoms. The van der Waals surface area contributed by atoms with Gasteiger partial charge in [0.2, 0.25) is 0 Å². The molecule has 1 heterocycles. The largest absolute Gasteiger partial charge is 0.321 e. The molecule has 0 aliphatic carbocycles. The molecule has 90 valence electrons. The zero-order valence-electron chi connectivity index (χ0n) is 10.2. The molecule has 1 aromatic rings. The quantitative estimate of drug-likeness (QED) is 0.686. The van der Waals surface area contributed by atoms with Crippen LogP contribution >= 0.6 is 0 Å². The summed E-state index contributed by atoms with van der Waals surface area (Å²) < 4.78 is 0. The highest BCUT2D eigenvalue weighted by Crippen LogP contribution is 2.14. The molecule has 0 saturated carbocycles. The average Bonchev–Trinajstić information content (AvgIpc) is 2.34. The van der Waals surface area contributed by atoms with Gasteiger partial charge in [-0.1, -0.05) is 45.4 Å². The van der Waals surface area contributed by atoms with E-state index in [-0.39, 0.29) is 6.04 Å². The standard InChI is InChI=1S/C13H23N3/c1-2-3-4-5-6-7-9-12(14)13-15-10-8-11-16-13/h8,10-12H,2-7,9,14H2,1H3. The first-order chi connectivity index (χ1) is 7.84. The van der Waals surface area contributed by atoms with Crippen LogP contribution in [0.1, 0.15) is 63.7 Å². The van der Waals surface area contributed by atoms with Gasteiger partial charge >= 0.3 is 0 Å². The molecular weight excluding hydrogens is 198 g/mol. The van der Waals surface area contributed by atoms with Gasteiger partial charge < -0.3 is 5.73 Å². The lowest BCUT2D eigenvalue weighted by atomic mass is 10.1. The van der Waals surface area contributed by atoms with Gasteiger partial charge in [-0.05, 0) is 12.5 Å². The van der Waals surface area contributed by atoms with Crippen LogP contribution in [0.2, 0.25) is 0 Å². The van der Waals surface area contributed by atoms with Crippen molar-refractivity contribution in [1.29, 1.82) is 0 Å².